The maximum atomic E-state index is 12.3. The molecule has 1 fully saturated rings. The summed E-state index contributed by atoms with van der Waals surface area (Å²) in [5.74, 6) is 0.0762. The van der Waals surface area contributed by atoms with Gasteiger partial charge in [0.2, 0.25) is 5.91 Å². The smallest absolute Gasteiger partial charge is 0.410 e. The van der Waals surface area contributed by atoms with E-state index in [-0.39, 0.29) is 29.1 Å². The summed E-state index contributed by atoms with van der Waals surface area (Å²) in [6.45, 7) is 14.7. The number of hydrogen-bond acceptors (Lipinski definition) is 4. The van der Waals surface area contributed by atoms with E-state index in [0.717, 1.165) is 38.2 Å². The predicted octanol–water partition coefficient (Wildman–Crippen LogP) is 4.96. The van der Waals surface area contributed by atoms with Crippen LogP contribution in [0.5, 0.6) is 0 Å². The summed E-state index contributed by atoms with van der Waals surface area (Å²) in [6, 6.07) is 20.4. The lowest BCUT2D eigenvalue weighted by Crippen LogP contribution is -2.48. The van der Waals surface area contributed by atoms with Crippen molar-refractivity contribution in [1.29, 1.82) is 0 Å². The van der Waals surface area contributed by atoms with Crippen molar-refractivity contribution < 1.29 is 14.3 Å². The van der Waals surface area contributed by atoms with E-state index in [0.29, 0.717) is 0 Å². The molecule has 34 heavy (non-hydrogen) atoms. The molecule has 1 heterocycles. The number of hydrogen-bond donors (Lipinski definition) is 2. The Bertz CT molecular complexity index is 881. The summed E-state index contributed by atoms with van der Waals surface area (Å²) in [7, 11) is 0. The molecule has 0 saturated carbocycles. The van der Waals surface area contributed by atoms with Crippen LogP contribution in [-0.2, 0) is 16.0 Å². The zero-order valence-electron chi connectivity index (χ0n) is 21.6. The van der Waals surface area contributed by atoms with Gasteiger partial charge in [-0.25, -0.2) is 4.79 Å². The van der Waals surface area contributed by atoms with Crippen molar-refractivity contribution in [3.63, 3.8) is 0 Å². The Hall–Kier alpha value is -2.86. The number of rotatable bonds is 4. The van der Waals surface area contributed by atoms with Crippen LogP contribution in [0, 0.1) is 5.41 Å². The average Bonchev–Trinajstić information content (AvgIpc) is 2.79. The highest BCUT2D eigenvalue weighted by molar-refractivity contribution is 5.81. The molecule has 2 N–H and O–H groups in total. The number of piperazine rings is 1. The van der Waals surface area contributed by atoms with Crippen molar-refractivity contribution in [2.45, 2.75) is 59.6 Å². The highest BCUT2D eigenvalue weighted by Crippen LogP contribution is 2.21. The summed E-state index contributed by atoms with van der Waals surface area (Å²) >= 11 is 0. The fourth-order valence-electron chi connectivity index (χ4n) is 3.34. The van der Waals surface area contributed by atoms with Crippen molar-refractivity contribution in [3.05, 3.63) is 71.8 Å². The van der Waals surface area contributed by atoms with Gasteiger partial charge in [0.15, 0.2) is 0 Å². The first-order valence-electron chi connectivity index (χ1n) is 12.0. The molecule has 0 aromatic heterocycles. The summed E-state index contributed by atoms with van der Waals surface area (Å²) in [6.07, 6.45) is 0.598. The molecule has 2 aromatic rings. The van der Waals surface area contributed by atoms with Gasteiger partial charge in [-0.2, -0.15) is 0 Å². The Morgan fingerprint density at radius 1 is 0.912 bits per heavy atom. The molecular weight excluding hydrogens is 426 g/mol. The van der Waals surface area contributed by atoms with Crippen LogP contribution in [0.2, 0.25) is 0 Å². The lowest BCUT2D eigenvalue weighted by Gasteiger charge is -2.30. The normalized spacial score (nSPS) is 14.9. The van der Waals surface area contributed by atoms with Crippen LogP contribution >= 0.6 is 0 Å². The van der Waals surface area contributed by atoms with E-state index >= 15 is 0 Å². The lowest BCUT2D eigenvalue weighted by molar-refractivity contribution is -0.129. The molecule has 0 bridgehead atoms. The van der Waals surface area contributed by atoms with E-state index in [1.54, 1.807) is 4.90 Å². The van der Waals surface area contributed by atoms with Crippen LogP contribution in [0.1, 0.15) is 58.7 Å². The van der Waals surface area contributed by atoms with Gasteiger partial charge in [0.1, 0.15) is 5.60 Å². The van der Waals surface area contributed by atoms with Crippen molar-refractivity contribution >= 4 is 12.0 Å². The van der Waals surface area contributed by atoms with Gasteiger partial charge < -0.3 is 20.3 Å². The van der Waals surface area contributed by atoms with E-state index in [1.807, 2.05) is 77.9 Å². The molecule has 1 atom stereocenters. The minimum atomic E-state index is -0.387. The van der Waals surface area contributed by atoms with Crippen LogP contribution in [0.15, 0.2) is 60.7 Å². The van der Waals surface area contributed by atoms with Crippen LogP contribution in [-0.4, -0.2) is 48.7 Å². The zero-order chi connectivity index (χ0) is 25.2. The van der Waals surface area contributed by atoms with Crippen molar-refractivity contribution in [1.82, 2.24) is 15.5 Å². The van der Waals surface area contributed by atoms with Crippen LogP contribution in [0.25, 0.3) is 0 Å². The van der Waals surface area contributed by atoms with Gasteiger partial charge >= 0.3 is 6.09 Å². The quantitative estimate of drug-likeness (QED) is 0.667. The minimum absolute atomic E-state index is 0.000301. The maximum Gasteiger partial charge on any atom is 0.410 e. The van der Waals surface area contributed by atoms with Gasteiger partial charge in [0, 0.05) is 31.6 Å². The molecule has 0 spiro atoms. The third kappa shape index (κ3) is 9.96. The van der Waals surface area contributed by atoms with Gasteiger partial charge in [-0.1, -0.05) is 81.4 Å². The number of benzene rings is 2. The molecule has 0 radical (unpaired) electrons. The standard InChI is InChI=1S/C19H23NO.C9H18N2O2/c1-19(2,3)18(21)20-17(16-12-8-5-9-13-16)14-15-10-6-4-7-11-15;1-9(2,3)13-8(12)11-6-4-10-5-7-11/h4-13,17H,14H2,1-3H3,(H,20,21);10H,4-7H2,1-3H3. The molecule has 2 aromatic carbocycles. The SMILES string of the molecule is CC(C)(C)C(=O)NC(Cc1ccccc1)c1ccccc1.CC(C)(C)OC(=O)N1CCNCC1. The third-order valence-corrected chi connectivity index (χ3v) is 5.24. The average molecular weight is 468 g/mol. The van der Waals surface area contributed by atoms with Gasteiger partial charge in [0.25, 0.3) is 0 Å². The number of carbonyl (C=O) groups excluding carboxylic acids is 2. The number of nitrogens with one attached hydrogen (secondary N) is 2. The summed E-state index contributed by atoms with van der Waals surface area (Å²) in [5, 5.41) is 6.37. The molecule has 1 saturated heterocycles. The number of carbonyl (C=O) groups is 2. The van der Waals surface area contributed by atoms with Gasteiger partial charge in [-0.05, 0) is 38.3 Å². The fraction of sp³-hybridized carbons (Fsp3) is 0.500. The van der Waals surface area contributed by atoms with E-state index in [1.165, 1.54) is 5.56 Å². The van der Waals surface area contributed by atoms with Crippen molar-refractivity contribution in [2.75, 3.05) is 26.2 Å². The van der Waals surface area contributed by atoms with Crippen LogP contribution in [0.4, 0.5) is 4.79 Å². The largest absolute Gasteiger partial charge is 0.444 e. The first-order chi connectivity index (χ1) is 16.0. The second-order valence-corrected chi connectivity index (χ2v) is 10.6. The summed E-state index contributed by atoms with van der Waals surface area (Å²) in [4.78, 5) is 25.6. The van der Waals surface area contributed by atoms with Gasteiger partial charge in [-0.15, -0.1) is 0 Å². The number of ether oxygens (including phenoxy) is 1. The summed E-state index contributed by atoms with van der Waals surface area (Å²) < 4.78 is 5.24. The Morgan fingerprint density at radius 3 is 1.94 bits per heavy atom. The van der Waals surface area contributed by atoms with E-state index in [2.05, 4.69) is 34.9 Å². The highest BCUT2D eigenvalue weighted by atomic mass is 16.6. The van der Waals surface area contributed by atoms with Crippen molar-refractivity contribution in [3.8, 4) is 0 Å². The van der Waals surface area contributed by atoms with Crippen molar-refractivity contribution in [2.24, 2.45) is 5.41 Å². The predicted molar refractivity (Wildman–Crippen MR) is 138 cm³/mol. The summed E-state index contributed by atoms with van der Waals surface area (Å²) in [5.41, 5.74) is 1.59. The molecule has 3 rings (SSSR count). The molecular formula is C28H41N3O3. The van der Waals surface area contributed by atoms with Gasteiger partial charge in [-0.3, -0.25) is 4.79 Å². The molecule has 6 nitrogen and oxygen atoms in total. The zero-order valence-corrected chi connectivity index (χ0v) is 21.6. The minimum Gasteiger partial charge on any atom is -0.444 e. The fourth-order valence-corrected chi connectivity index (χ4v) is 3.34. The van der Waals surface area contributed by atoms with E-state index in [9.17, 15) is 9.59 Å². The Labute approximate surface area is 205 Å². The monoisotopic (exact) mass is 467 g/mol. The lowest BCUT2D eigenvalue weighted by atomic mass is 9.93. The Balaban J connectivity index is 0.000000270. The van der Waals surface area contributed by atoms with Crippen LogP contribution < -0.4 is 10.6 Å². The second-order valence-electron chi connectivity index (χ2n) is 10.6. The van der Waals surface area contributed by atoms with Gasteiger partial charge in [0.05, 0.1) is 6.04 Å². The first kappa shape index (κ1) is 27.4. The molecule has 6 heteroatoms. The molecule has 1 unspecified atom stereocenters. The molecule has 186 valence electrons. The van der Waals surface area contributed by atoms with E-state index < -0.39 is 0 Å². The topological polar surface area (TPSA) is 70.7 Å². The van der Waals surface area contributed by atoms with E-state index in [4.69, 9.17) is 4.74 Å². The Kier molecular flexibility index (Phi) is 10.1. The molecule has 1 aliphatic heterocycles. The second kappa shape index (κ2) is 12.6. The first-order valence-corrected chi connectivity index (χ1v) is 12.0. The highest BCUT2D eigenvalue weighted by Gasteiger charge is 2.25. The number of nitrogens with zero attached hydrogens (tertiary/aromatic N) is 1. The van der Waals surface area contributed by atoms with Crippen LogP contribution in [0.3, 0.4) is 0 Å². The Morgan fingerprint density at radius 2 is 1.44 bits per heavy atom. The number of amides is 2. The maximum absolute atomic E-state index is 12.3. The molecule has 2 amide bonds. The molecule has 1 aliphatic rings. The molecule has 0 aliphatic carbocycles. The third-order valence-electron chi connectivity index (χ3n) is 5.24.